The van der Waals surface area contributed by atoms with Gasteiger partial charge in [0.15, 0.2) is 5.75 Å². The Kier molecular flexibility index (Phi) is 6.14. The second-order valence-corrected chi connectivity index (χ2v) is 8.73. The van der Waals surface area contributed by atoms with Crippen molar-refractivity contribution in [3.05, 3.63) is 83.4 Å². The van der Waals surface area contributed by atoms with Gasteiger partial charge in [-0.15, -0.1) is 0 Å². The molecule has 0 bridgehead atoms. The van der Waals surface area contributed by atoms with Gasteiger partial charge in [0, 0.05) is 17.2 Å². The monoisotopic (exact) mass is 441 g/mol. The van der Waals surface area contributed by atoms with Crippen molar-refractivity contribution in [2.24, 2.45) is 0 Å². The molecule has 0 fully saturated rings. The van der Waals surface area contributed by atoms with Crippen LogP contribution in [0.2, 0.25) is 0 Å². The van der Waals surface area contributed by atoms with Crippen LogP contribution in [0.25, 0.3) is 11.1 Å². The summed E-state index contributed by atoms with van der Waals surface area (Å²) in [5.41, 5.74) is 12.3. The summed E-state index contributed by atoms with van der Waals surface area (Å²) in [4.78, 5) is 22.5. The quantitative estimate of drug-likeness (QED) is 0.200. The van der Waals surface area contributed by atoms with Crippen LogP contribution in [0.1, 0.15) is 36.0 Å². The average Bonchev–Trinajstić information content (AvgIpc) is 3.04. The zero-order valence-corrected chi connectivity index (χ0v) is 17.9. The summed E-state index contributed by atoms with van der Waals surface area (Å²) in [6.07, 6.45) is 0.688. The van der Waals surface area contributed by atoms with Crippen LogP contribution in [0.5, 0.6) is 5.75 Å². The third-order valence-corrected chi connectivity index (χ3v) is 5.64. The van der Waals surface area contributed by atoms with Crippen molar-refractivity contribution in [3.63, 3.8) is 0 Å². The first-order valence-corrected chi connectivity index (χ1v) is 11.4. The Labute approximate surface area is 180 Å². The van der Waals surface area contributed by atoms with Crippen LogP contribution in [-0.4, -0.2) is 15.9 Å². The van der Waals surface area contributed by atoms with Gasteiger partial charge in [0.1, 0.15) is 0 Å². The van der Waals surface area contributed by atoms with Crippen LogP contribution in [0.3, 0.4) is 0 Å². The van der Waals surface area contributed by atoms with Gasteiger partial charge in [-0.1, -0.05) is 53.2 Å². The van der Waals surface area contributed by atoms with Gasteiger partial charge < -0.3 is 25.1 Å². The number of ether oxygens (including phenoxy) is 1. The van der Waals surface area contributed by atoms with E-state index in [1.54, 1.807) is 24.3 Å². The summed E-state index contributed by atoms with van der Waals surface area (Å²) in [5.74, 6) is 0.399. The first kappa shape index (κ1) is 21.6. The molecular formula is C23H24NO6P. The number of fused-ring (bicyclic) bond motifs is 3. The molecule has 31 heavy (non-hydrogen) atoms. The Morgan fingerprint density at radius 2 is 1.71 bits per heavy atom. The van der Waals surface area contributed by atoms with E-state index in [1.807, 2.05) is 31.2 Å². The molecule has 0 saturated heterocycles. The average molecular weight is 441 g/mol. The highest BCUT2D eigenvalue weighted by molar-refractivity contribution is 7.46. The molecule has 7 nitrogen and oxygen atoms in total. The van der Waals surface area contributed by atoms with Crippen LogP contribution >= 0.6 is 7.82 Å². The molecule has 0 heterocycles. The van der Waals surface area contributed by atoms with E-state index in [0.29, 0.717) is 5.56 Å². The van der Waals surface area contributed by atoms with E-state index in [0.717, 1.165) is 12.1 Å². The Morgan fingerprint density at radius 1 is 1.00 bits per heavy atom. The van der Waals surface area contributed by atoms with Gasteiger partial charge in [-0.2, -0.15) is 0 Å². The summed E-state index contributed by atoms with van der Waals surface area (Å²) in [6, 6.07) is 21.2. The van der Waals surface area contributed by atoms with Crippen LogP contribution in [0.4, 0.5) is 5.69 Å². The maximum atomic E-state index is 10.9. The minimum Gasteiger partial charge on any atom is -0.399 e. The molecule has 3 aromatic rings. The maximum Gasteiger partial charge on any atom is 0.505 e. The number of anilines is 1. The van der Waals surface area contributed by atoms with Gasteiger partial charge in [-0.3, -0.25) is 0 Å². The van der Waals surface area contributed by atoms with Crippen LogP contribution in [-0.2, 0) is 20.6 Å². The SMILES string of the molecule is C[C@H](CC1c2ccccc2-c2cc(N)ccc21)OCc1ccccc1OOP(=O)(O)O. The van der Waals surface area contributed by atoms with Crippen LogP contribution in [0.15, 0.2) is 66.7 Å². The molecule has 0 aliphatic heterocycles. The van der Waals surface area contributed by atoms with E-state index in [9.17, 15) is 4.57 Å². The molecule has 0 radical (unpaired) electrons. The number of rotatable bonds is 8. The molecule has 1 aliphatic rings. The summed E-state index contributed by atoms with van der Waals surface area (Å²) >= 11 is 0. The molecular weight excluding hydrogens is 417 g/mol. The van der Waals surface area contributed by atoms with E-state index in [1.165, 1.54) is 22.3 Å². The second kappa shape index (κ2) is 8.83. The van der Waals surface area contributed by atoms with Gasteiger partial charge in [0.25, 0.3) is 0 Å². The zero-order chi connectivity index (χ0) is 22.0. The summed E-state index contributed by atoms with van der Waals surface area (Å²) in [7, 11) is -4.75. The Hall–Kier alpha value is -2.67. The lowest BCUT2D eigenvalue weighted by Crippen LogP contribution is -2.13. The molecule has 0 saturated carbocycles. The number of nitrogens with two attached hydrogens (primary N) is 1. The lowest BCUT2D eigenvalue weighted by molar-refractivity contribution is -0.124. The topological polar surface area (TPSA) is 111 Å². The van der Waals surface area contributed by atoms with E-state index < -0.39 is 7.82 Å². The number of phosphoric acid groups is 1. The minimum atomic E-state index is -4.75. The summed E-state index contributed by atoms with van der Waals surface area (Å²) < 4.78 is 21.1. The van der Waals surface area contributed by atoms with Crippen LogP contribution in [0, 0.1) is 0 Å². The van der Waals surface area contributed by atoms with Crippen molar-refractivity contribution in [1.29, 1.82) is 0 Å². The van der Waals surface area contributed by atoms with Gasteiger partial charge in [-0.05, 0) is 53.8 Å². The number of benzene rings is 3. The van der Waals surface area contributed by atoms with Gasteiger partial charge in [-0.25, -0.2) is 4.57 Å². The fraction of sp³-hybridized carbons (Fsp3) is 0.217. The second-order valence-electron chi connectivity index (χ2n) is 7.60. The number of hydrogen-bond donors (Lipinski definition) is 3. The molecule has 3 aromatic carbocycles. The zero-order valence-electron chi connectivity index (χ0n) is 17.0. The molecule has 0 amide bonds. The molecule has 2 atom stereocenters. The predicted octanol–water partition coefficient (Wildman–Crippen LogP) is 4.78. The van der Waals surface area contributed by atoms with Crippen molar-refractivity contribution in [2.75, 3.05) is 5.73 Å². The van der Waals surface area contributed by atoms with Gasteiger partial charge in [0.2, 0.25) is 0 Å². The van der Waals surface area contributed by atoms with E-state index >= 15 is 0 Å². The van der Waals surface area contributed by atoms with Gasteiger partial charge >= 0.3 is 7.82 Å². The lowest BCUT2D eigenvalue weighted by atomic mass is 9.91. The van der Waals surface area contributed by atoms with Crippen molar-refractivity contribution in [1.82, 2.24) is 0 Å². The smallest absolute Gasteiger partial charge is 0.399 e. The molecule has 0 spiro atoms. The predicted molar refractivity (Wildman–Crippen MR) is 117 cm³/mol. The van der Waals surface area contributed by atoms with Crippen molar-refractivity contribution >= 4 is 13.5 Å². The summed E-state index contributed by atoms with van der Waals surface area (Å²) in [6.45, 7) is 2.22. The highest BCUT2D eigenvalue weighted by Crippen LogP contribution is 2.47. The molecule has 1 unspecified atom stereocenters. The summed E-state index contributed by atoms with van der Waals surface area (Å²) in [5, 5.41) is 0. The number of hydrogen-bond acceptors (Lipinski definition) is 5. The van der Waals surface area contributed by atoms with Gasteiger partial charge in [0.05, 0.1) is 12.7 Å². The molecule has 8 heteroatoms. The van der Waals surface area contributed by atoms with E-state index in [4.69, 9.17) is 25.1 Å². The number of para-hydroxylation sites is 1. The molecule has 4 rings (SSSR count). The maximum absolute atomic E-state index is 10.9. The molecule has 0 aromatic heterocycles. The van der Waals surface area contributed by atoms with Crippen molar-refractivity contribution in [2.45, 2.75) is 32.0 Å². The minimum absolute atomic E-state index is 0.0858. The van der Waals surface area contributed by atoms with E-state index in [-0.39, 0.29) is 24.4 Å². The largest absolute Gasteiger partial charge is 0.505 e. The Balaban J connectivity index is 1.46. The number of nitrogen functional groups attached to an aromatic ring is 1. The first-order chi connectivity index (χ1) is 14.8. The van der Waals surface area contributed by atoms with Crippen molar-refractivity contribution < 1.29 is 28.7 Å². The standard InChI is InChI=1S/C23H24NO6P/c1-15(28-14-16-6-2-5-9-23(16)29-30-31(25,26)27)12-21-18-7-3-4-8-19(18)22-13-17(24)10-11-20(21)22/h2-11,13,15,21H,12,14,24H2,1H3,(H2,25,26,27)/t15-,21?/m1/s1. The van der Waals surface area contributed by atoms with E-state index in [2.05, 4.69) is 22.9 Å². The molecule has 1 aliphatic carbocycles. The third kappa shape index (κ3) is 4.98. The highest BCUT2D eigenvalue weighted by atomic mass is 31.2. The van der Waals surface area contributed by atoms with Crippen molar-refractivity contribution in [3.8, 4) is 16.9 Å². The third-order valence-electron chi connectivity index (χ3n) is 5.37. The first-order valence-electron chi connectivity index (χ1n) is 9.92. The Morgan fingerprint density at radius 3 is 2.52 bits per heavy atom. The lowest BCUT2D eigenvalue weighted by Gasteiger charge is -2.20. The molecule has 162 valence electrons. The fourth-order valence-electron chi connectivity index (χ4n) is 4.00. The Bertz CT molecular complexity index is 1130. The molecule has 4 N–H and O–H groups in total. The highest BCUT2D eigenvalue weighted by Gasteiger charge is 2.30. The normalized spacial score (nSPS) is 15.9. The van der Waals surface area contributed by atoms with Crippen LogP contribution < -0.4 is 10.6 Å². The fourth-order valence-corrected chi connectivity index (χ4v) is 4.18.